The number of amides is 2. The normalized spacial score (nSPS) is 24.9. The maximum atomic E-state index is 13.1. The maximum Gasteiger partial charge on any atom is 0.418 e. The highest BCUT2D eigenvalue weighted by molar-refractivity contribution is 7.09. The lowest BCUT2D eigenvalue weighted by Gasteiger charge is -2.49. The van der Waals surface area contributed by atoms with Crippen molar-refractivity contribution in [3.05, 3.63) is 52.2 Å². The zero-order valence-corrected chi connectivity index (χ0v) is 16.7. The van der Waals surface area contributed by atoms with E-state index in [2.05, 4.69) is 33.0 Å². The van der Waals surface area contributed by atoms with Gasteiger partial charge in [0, 0.05) is 29.5 Å². The molecular formula is C21H24F3N3OS. The molecule has 0 radical (unpaired) electrons. The van der Waals surface area contributed by atoms with Gasteiger partial charge in [0.2, 0.25) is 0 Å². The van der Waals surface area contributed by atoms with Gasteiger partial charge in [0.05, 0.1) is 11.3 Å². The highest BCUT2D eigenvalue weighted by Gasteiger charge is 2.39. The number of carbonyl (C=O) groups excluding carboxylic acids is 1. The van der Waals surface area contributed by atoms with Gasteiger partial charge in [-0.3, -0.25) is 4.90 Å². The number of fused-ring (bicyclic) bond motifs is 2. The number of nitrogens with zero attached hydrogens (tertiary/aromatic N) is 1. The number of alkyl halides is 3. The molecule has 4 nitrogen and oxygen atoms in total. The van der Waals surface area contributed by atoms with Crippen LogP contribution < -0.4 is 10.6 Å². The SMILES string of the molecule is O=C(Nc1ccccc1C(F)(F)F)NC1C[C@H]2CCC[C@H](C1)N2Cc1cccs1. The molecule has 2 bridgehead atoms. The van der Waals surface area contributed by atoms with Crippen molar-refractivity contribution in [1.82, 2.24) is 10.2 Å². The Balaban J connectivity index is 1.38. The predicted octanol–water partition coefficient (Wildman–Crippen LogP) is 5.47. The van der Waals surface area contributed by atoms with Gasteiger partial charge >= 0.3 is 12.2 Å². The van der Waals surface area contributed by atoms with Crippen LogP contribution in [0.1, 0.15) is 42.5 Å². The zero-order chi connectivity index (χ0) is 20.4. The number of benzene rings is 1. The van der Waals surface area contributed by atoms with E-state index in [0.717, 1.165) is 38.3 Å². The van der Waals surface area contributed by atoms with E-state index in [9.17, 15) is 18.0 Å². The van der Waals surface area contributed by atoms with Crippen LogP contribution in [0.5, 0.6) is 0 Å². The lowest BCUT2D eigenvalue weighted by Crippen LogP contribution is -2.56. The summed E-state index contributed by atoms with van der Waals surface area (Å²) in [6.07, 6.45) is 0.533. The van der Waals surface area contributed by atoms with Crippen LogP contribution in [-0.2, 0) is 12.7 Å². The van der Waals surface area contributed by atoms with Crippen LogP contribution in [0.3, 0.4) is 0 Å². The van der Waals surface area contributed by atoms with Crippen LogP contribution in [0.4, 0.5) is 23.7 Å². The van der Waals surface area contributed by atoms with Gasteiger partial charge in [0.15, 0.2) is 0 Å². The molecule has 2 saturated heterocycles. The van der Waals surface area contributed by atoms with Crippen molar-refractivity contribution >= 4 is 23.1 Å². The summed E-state index contributed by atoms with van der Waals surface area (Å²) in [5.74, 6) is 0. The molecule has 29 heavy (non-hydrogen) atoms. The van der Waals surface area contributed by atoms with Crippen molar-refractivity contribution in [2.24, 2.45) is 0 Å². The first-order chi connectivity index (χ1) is 13.9. The molecule has 0 aliphatic carbocycles. The molecule has 8 heteroatoms. The Morgan fingerprint density at radius 3 is 2.48 bits per heavy atom. The Labute approximate surface area is 172 Å². The van der Waals surface area contributed by atoms with Crippen LogP contribution >= 0.6 is 11.3 Å². The number of nitrogens with one attached hydrogen (secondary N) is 2. The maximum absolute atomic E-state index is 13.1. The third kappa shape index (κ3) is 4.75. The van der Waals surface area contributed by atoms with E-state index in [1.165, 1.54) is 29.5 Å². The molecule has 0 unspecified atom stereocenters. The number of piperidine rings is 2. The van der Waals surface area contributed by atoms with E-state index >= 15 is 0 Å². The second-order valence-corrected chi connectivity index (χ2v) is 8.83. The fourth-order valence-corrected chi connectivity index (χ4v) is 5.33. The number of hydrogen-bond donors (Lipinski definition) is 2. The predicted molar refractivity (Wildman–Crippen MR) is 108 cm³/mol. The second kappa shape index (κ2) is 8.36. The summed E-state index contributed by atoms with van der Waals surface area (Å²) in [6, 6.07) is 9.47. The van der Waals surface area contributed by atoms with Crippen molar-refractivity contribution in [2.45, 2.75) is 63.0 Å². The molecule has 2 N–H and O–H groups in total. The first-order valence-corrected chi connectivity index (χ1v) is 10.8. The first-order valence-electron chi connectivity index (χ1n) is 9.92. The van der Waals surface area contributed by atoms with E-state index in [-0.39, 0.29) is 11.7 Å². The van der Waals surface area contributed by atoms with Gasteiger partial charge in [-0.05, 0) is 49.3 Å². The van der Waals surface area contributed by atoms with Crippen molar-refractivity contribution in [3.63, 3.8) is 0 Å². The van der Waals surface area contributed by atoms with E-state index in [4.69, 9.17) is 0 Å². The molecule has 3 heterocycles. The largest absolute Gasteiger partial charge is 0.418 e. The zero-order valence-electron chi connectivity index (χ0n) is 15.9. The topological polar surface area (TPSA) is 44.4 Å². The van der Waals surface area contributed by atoms with Crippen molar-refractivity contribution in [1.29, 1.82) is 0 Å². The third-order valence-electron chi connectivity index (χ3n) is 5.86. The molecule has 2 aliphatic heterocycles. The number of carbonyl (C=O) groups is 1. The van der Waals surface area contributed by atoms with Crippen molar-refractivity contribution < 1.29 is 18.0 Å². The number of hydrogen-bond acceptors (Lipinski definition) is 3. The second-order valence-electron chi connectivity index (χ2n) is 7.80. The molecular weight excluding hydrogens is 399 g/mol. The van der Waals surface area contributed by atoms with Crippen LogP contribution in [0.25, 0.3) is 0 Å². The summed E-state index contributed by atoms with van der Waals surface area (Å²) >= 11 is 1.76. The molecule has 2 aliphatic rings. The summed E-state index contributed by atoms with van der Waals surface area (Å²) < 4.78 is 39.4. The fourth-order valence-electron chi connectivity index (χ4n) is 4.62. The Hall–Kier alpha value is -2.06. The third-order valence-corrected chi connectivity index (χ3v) is 6.72. The lowest BCUT2D eigenvalue weighted by molar-refractivity contribution is -0.136. The number of rotatable bonds is 4. The van der Waals surface area contributed by atoms with E-state index in [1.807, 2.05) is 0 Å². The van der Waals surface area contributed by atoms with Crippen LogP contribution in [0.15, 0.2) is 41.8 Å². The molecule has 0 saturated carbocycles. The van der Waals surface area contributed by atoms with Gasteiger partial charge in [0.25, 0.3) is 0 Å². The van der Waals surface area contributed by atoms with Gasteiger partial charge in [-0.1, -0.05) is 24.6 Å². The van der Waals surface area contributed by atoms with Gasteiger partial charge in [-0.15, -0.1) is 11.3 Å². The Bertz CT molecular complexity index is 826. The van der Waals surface area contributed by atoms with Gasteiger partial charge in [0.1, 0.15) is 0 Å². The minimum Gasteiger partial charge on any atom is -0.335 e. The average molecular weight is 424 g/mol. The Morgan fingerprint density at radius 2 is 1.83 bits per heavy atom. The monoisotopic (exact) mass is 423 g/mol. The summed E-state index contributed by atoms with van der Waals surface area (Å²) in [6.45, 7) is 0.935. The minimum atomic E-state index is -4.51. The number of thiophene rings is 1. The summed E-state index contributed by atoms with van der Waals surface area (Å²) in [5.41, 5.74) is -1.05. The van der Waals surface area contributed by atoms with Crippen LogP contribution in [0.2, 0.25) is 0 Å². The molecule has 2 amide bonds. The minimum absolute atomic E-state index is 0.0251. The highest BCUT2D eigenvalue weighted by atomic mass is 32.1. The van der Waals surface area contributed by atoms with Crippen LogP contribution in [-0.4, -0.2) is 29.1 Å². The van der Waals surface area contributed by atoms with Gasteiger partial charge in [-0.25, -0.2) is 4.79 Å². The summed E-state index contributed by atoms with van der Waals surface area (Å²) in [7, 11) is 0. The molecule has 156 valence electrons. The fraction of sp³-hybridized carbons (Fsp3) is 0.476. The van der Waals surface area contributed by atoms with Gasteiger partial charge in [-0.2, -0.15) is 13.2 Å². The average Bonchev–Trinajstić information content (AvgIpc) is 3.15. The molecule has 0 spiro atoms. The Kier molecular flexibility index (Phi) is 5.83. The van der Waals surface area contributed by atoms with E-state index < -0.39 is 17.8 Å². The molecule has 2 fully saturated rings. The standard InChI is InChI=1S/C21H24F3N3OS/c22-21(23,24)18-8-1-2-9-19(18)26-20(28)25-14-11-15-5-3-6-16(12-14)27(15)13-17-7-4-10-29-17/h1-2,4,7-10,14-16H,3,5-6,11-13H2,(H2,25,26,28)/t15-,16-/m1/s1. The summed E-state index contributed by atoms with van der Waals surface area (Å²) in [4.78, 5) is 16.3. The number of urea groups is 1. The van der Waals surface area contributed by atoms with Gasteiger partial charge < -0.3 is 10.6 Å². The van der Waals surface area contributed by atoms with Crippen molar-refractivity contribution in [3.8, 4) is 0 Å². The number of halogens is 3. The molecule has 2 atom stereocenters. The van der Waals surface area contributed by atoms with E-state index in [1.54, 1.807) is 11.3 Å². The lowest BCUT2D eigenvalue weighted by atomic mass is 9.81. The first kappa shape index (κ1) is 20.2. The smallest absolute Gasteiger partial charge is 0.335 e. The van der Waals surface area contributed by atoms with Crippen molar-refractivity contribution in [2.75, 3.05) is 5.32 Å². The highest BCUT2D eigenvalue weighted by Crippen LogP contribution is 2.36. The molecule has 4 rings (SSSR count). The number of para-hydroxylation sites is 1. The van der Waals surface area contributed by atoms with Crippen LogP contribution in [0, 0.1) is 0 Å². The Morgan fingerprint density at radius 1 is 1.10 bits per heavy atom. The summed E-state index contributed by atoms with van der Waals surface area (Å²) in [5, 5.41) is 7.39. The number of anilines is 1. The van der Waals surface area contributed by atoms with E-state index in [0.29, 0.717) is 12.1 Å². The molecule has 1 aromatic heterocycles. The molecule has 2 aromatic rings. The quantitative estimate of drug-likeness (QED) is 0.685. The molecule has 1 aromatic carbocycles.